The topological polar surface area (TPSA) is 113 Å². The minimum Gasteiger partial charge on any atom is -0.507 e. The Kier molecular flexibility index (Phi) is 5.09. The minimum atomic E-state index is -1.11. The number of ether oxygens (including phenoxy) is 2. The number of amides is 1. The lowest BCUT2D eigenvalue weighted by Gasteiger charge is -2.25. The van der Waals surface area contributed by atoms with Gasteiger partial charge in [-0.15, -0.1) is 0 Å². The van der Waals surface area contributed by atoms with Crippen molar-refractivity contribution in [3.63, 3.8) is 0 Å². The van der Waals surface area contributed by atoms with Crippen LogP contribution in [0.2, 0.25) is 5.02 Å². The van der Waals surface area contributed by atoms with Crippen molar-refractivity contribution in [2.45, 2.75) is 12.5 Å². The summed E-state index contributed by atoms with van der Waals surface area (Å²) in [7, 11) is 0. The first-order chi connectivity index (χ1) is 14.4. The summed E-state index contributed by atoms with van der Waals surface area (Å²) in [6.45, 7) is -0.154. The molecular formula is C21H16ClNO7. The van der Waals surface area contributed by atoms with Gasteiger partial charge in [-0.1, -0.05) is 17.7 Å². The van der Waals surface area contributed by atoms with E-state index in [9.17, 15) is 19.5 Å². The number of aliphatic carboxylic acids is 1. The summed E-state index contributed by atoms with van der Waals surface area (Å²) in [4.78, 5) is 37.7. The lowest BCUT2D eigenvalue weighted by atomic mass is 9.95. The normalized spacial score (nSPS) is 19.4. The van der Waals surface area contributed by atoms with Gasteiger partial charge in [0.05, 0.1) is 18.0 Å². The lowest BCUT2D eigenvalue weighted by Crippen LogP contribution is -2.31. The summed E-state index contributed by atoms with van der Waals surface area (Å²) in [5, 5.41) is 20.4. The fourth-order valence-electron chi connectivity index (χ4n) is 3.52. The average molecular weight is 430 g/mol. The number of rotatable bonds is 5. The van der Waals surface area contributed by atoms with Gasteiger partial charge in [-0.05, 0) is 42.0 Å². The second kappa shape index (κ2) is 7.72. The van der Waals surface area contributed by atoms with Crippen molar-refractivity contribution in [3.05, 3.63) is 64.2 Å². The van der Waals surface area contributed by atoms with Crippen molar-refractivity contribution < 1.29 is 34.1 Å². The van der Waals surface area contributed by atoms with Crippen LogP contribution in [-0.4, -0.2) is 46.1 Å². The molecule has 154 valence electrons. The van der Waals surface area contributed by atoms with E-state index in [0.717, 1.165) is 4.90 Å². The Balaban J connectivity index is 1.84. The Bertz CT molecular complexity index is 1080. The van der Waals surface area contributed by atoms with E-state index in [2.05, 4.69) is 0 Å². The van der Waals surface area contributed by atoms with Crippen LogP contribution in [0.3, 0.4) is 0 Å². The van der Waals surface area contributed by atoms with Crippen molar-refractivity contribution in [2.24, 2.45) is 0 Å². The molecule has 0 radical (unpaired) electrons. The summed E-state index contributed by atoms with van der Waals surface area (Å²) in [5.41, 5.74) is 0.660. The van der Waals surface area contributed by atoms with Gasteiger partial charge in [-0.2, -0.15) is 0 Å². The fraction of sp³-hybridized carbons (Fsp3) is 0.190. The molecule has 1 saturated heterocycles. The van der Waals surface area contributed by atoms with Crippen molar-refractivity contribution in [1.29, 1.82) is 0 Å². The maximum atomic E-state index is 12.8. The summed E-state index contributed by atoms with van der Waals surface area (Å²) >= 11 is 5.89. The number of carbonyl (C=O) groups excluding carboxylic acids is 2. The zero-order chi connectivity index (χ0) is 21.4. The van der Waals surface area contributed by atoms with E-state index in [1.54, 1.807) is 30.3 Å². The van der Waals surface area contributed by atoms with Crippen molar-refractivity contribution >= 4 is 35.0 Å². The van der Waals surface area contributed by atoms with Crippen molar-refractivity contribution in [1.82, 2.24) is 4.90 Å². The molecule has 0 saturated carbocycles. The number of nitrogens with zero attached hydrogens (tertiary/aromatic N) is 1. The molecule has 0 bridgehead atoms. The van der Waals surface area contributed by atoms with Crippen molar-refractivity contribution in [2.75, 3.05) is 13.3 Å². The molecule has 1 amide bonds. The van der Waals surface area contributed by atoms with E-state index in [4.69, 9.17) is 26.2 Å². The number of likely N-dealkylation sites (tertiary alicyclic amines) is 1. The predicted molar refractivity (Wildman–Crippen MR) is 105 cm³/mol. The highest BCUT2D eigenvalue weighted by Gasteiger charge is 2.46. The Hall–Kier alpha value is -3.52. The van der Waals surface area contributed by atoms with E-state index in [1.807, 2.05) is 0 Å². The van der Waals surface area contributed by atoms with Crippen LogP contribution in [0.25, 0.3) is 5.76 Å². The molecule has 0 spiro atoms. The predicted octanol–water partition coefficient (Wildman–Crippen LogP) is 2.97. The number of ketones is 1. The summed E-state index contributed by atoms with van der Waals surface area (Å²) < 4.78 is 10.7. The first-order valence-electron chi connectivity index (χ1n) is 9.02. The summed E-state index contributed by atoms with van der Waals surface area (Å²) in [6, 6.07) is 10.1. The molecule has 8 nitrogen and oxygen atoms in total. The molecule has 0 aromatic heterocycles. The van der Waals surface area contributed by atoms with Crippen LogP contribution in [0, 0.1) is 0 Å². The number of aliphatic hydroxyl groups excluding tert-OH is 1. The van der Waals surface area contributed by atoms with Gasteiger partial charge in [0.15, 0.2) is 11.5 Å². The van der Waals surface area contributed by atoms with E-state index >= 15 is 0 Å². The number of hydrogen-bond donors (Lipinski definition) is 2. The molecule has 1 unspecified atom stereocenters. The molecule has 2 heterocycles. The Morgan fingerprint density at radius 3 is 2.47 bits per heavy atom. The van der Waals surface area contributed by atoms with Gasteiger partial charge in [-0.3, -0.25) is 14.4 Å². The first kappa shape index (κ1) is 19.8. The van der Waals surface area contributed by atoms with Crippen LogP contribution in [0.5, 0.6) is 11.5 Å². The van der Waals surface area contributed by atoms with E-state index in [-0.39, 0.29) is 31.1 Å². The molecule has 4 rings (SSSR count). The third-order valence-corrected chi connectivity index (χ3v) is 5.19. The quantitative estimate of drug-likeness (QED) is 0.426. The average Bonchev–Trinajstić information content (AvgIpc) is 3.29. The molecular weight excluding hydrogens is 414 g/mol. The van der Waals surface area contributed by atoms with Gasteiger partial charge >= 0.3 is 5.97 Å². The van der Waals surface area contributed by atoms with E-state index in [0.29, 0.717) is 27.6 Å². The van der Waals surface area contributed by atoms with Gasteiger partial charge in [0.25, 0.3) is 11.7 Å². The largest absolute Gasteiger partial charge is 0.507 e. The minimum absolute atomic E-state index is 0.0444. The van der Waals surface area contributed by atoms with Gasteiger partial charge in [0.1, 0.15) is 5.76 Å². The van der Waals surface area contributed by atoms with Crippen LogP contribution < -0.4 is 9.47 Å². The Morgan fingerprint density at radius 2 is 1.77 bits per heavy atom. The molecule has 0 aliphatic carbocycles. The molecule has 9 heteroatoms. The van der Waals surface area contributed by atoms with Crippen LogP contribution in [0.1, 0.15) is 23.6 Å². The number of fused-ring (bicyclic) bond motifs is 1. The van der Waals surface area contributed by atoms with Crippen LogP contribution in [0.4, 0.5) is 0 Å². The number of benzene rings is 2. The number of halogens is 1. The number of hydrogen-bond acceptors (Lipinski definition) is 6. The highest BCUT2D eigenvalue weighted by Crippen LogP contribution is 2.43. The Morgan fingerprint density at radius 1 is 1.07 bits per heavy atom. The molecule has 1 fully saturated rings. The molecule has 2 aromatic rings. The van der Waals surface area contributed by atoms with E-state index in [1.165, 1.54) is 12.1 Å². The zero-order valence-electron chi connectivity index (χ0n) is 15.5. The SMILES string of the molecule is O=C(O)CCN1C(=O)C(=O)/C(=C(\O)c2ccc(Cl)cc2)C1c1ccc2c(c1)OCO2. The maximum Gasteiger partial charge on any atom is 0.305 e. The molecule has 2 aromatic carbocycles. The molecule has 1 atom stereocenters. The van der Waals surface area contributed by atoms with Crippen molar-refractivity contribution in [3.8, 4) is 11.5 Å². The Labute approximate surface area is 175 Å². The number of aliphatic hydroxyl groups is 1. The van der Waals surface area contributed by atoms with Crippen LogP contribution >= 0.6 is 11.6 Å². The second-order valence-corrected chi connectivity index (χ2v) is 7.19. The first-order valence-corrected chi connectivity index (χ1v) is 9.40. The highest BCUT2D eigenvalue weighted by atomic mass is 35.5. The highest BCUT2D eigenvalue weighted by molar-refractivity contribution is 6.46. The number of carboxylic acids is 1. The van der Waals surface area contributed by atoms with Crippen LogP contribution in [0.15, 0.2) is 48.0 Å². The molecule has 2 aliphatic heterocycles. The molecule has 2 N–H and O–H groups in total. The molecule has 30 heavy (non-hydrogen) atoms. The number of carbonyl (C=O) groups is 3. The number of carboxylic acid groups (broad SMARTS) is 1. The smallest absolute Gasteiger partial charge is 0.305 e. The zero-order valence-corrected chi connectivity index (χ0v) is 16.3. The van der Waals surface area contributed by atoms with Gasteiger partial charge in [-0.25, -0.2) is 0 Å². The van der Waals surface area contributed by atoms with Gasteiger partial charge in [0.2, 0.25) is 6.79 Å². The monoisotopic (exact) mass is 429 g/mol. The maximum absolute atomic E-state index is 12.8. The number of Topliss-reactive ketones (excluding diaryl/α,β-unsaturated/α-hetero) is 1. The summed E-state index contributed by atoms with van der Waals surface area (Å²) in [5.74, 6) is -2.31. The van der Waals surface area contributed by atoms with Gasteiger partial charge < -0.3 is 24.6 Å². The summed E-state index contributed by atoms with van der Waals surface area (Å²) in [6.07, 6.45) is -0.352. The third-order valence-electron chi connectivity index (χ3n) is 4.94. The van der Waals surface area contributed by atoms with Crippen LogP contribution in [-0.2, 0) is 14.4 Å². The fourth-order valence-corrected chi connectivity index (χ4v) is 3.65. The second-order valence-electron chi connectivity index (χ2n) is 6.76. The third kappa shape index (κ3) is 3.46. The lowest BCUT2D eigenvalue weighted by molar-refractivity contribution is -0.142. The van der Waals surface area contributed by atoms with E-state index < -0.39 is 23.7 Å². The van der Waals surface area contributed by atoms with Gasteiger partial charge in [0, 0.05) is 17.1 Å². The molecule has 2 aliphatic rings. The standard InChI is InChI=1S/C21H16ClNO7/c22-13-4-1-11(2-5-13)19(26)17-18(12-3-6-14-15(9-12)30-10-29-14)23(8-7-16(24)25)21(28)20(17)27/h1-6,9,18,26H,7-8,10H2,(H,24,25)/b19-17-.